The molecule has 2 aromatic heterocycles. The molecule has 1 saturated heterocycles. The molecule has 0 radical (unpaired) electrons. The van der Waals surface area contributed by atoms with Gasteiger partial charge in [-0.3, -0.25) is 4.79 Å². The van der Waals surface area contributed by atoms with Gasteiger partial charge in [0.05, 0.1) is 11.3 Å². The number of nitrogens with two attached hydrogens (primary N) is 1. The molecule has 0 bridgehead atoms. The number of nitrogens with zero attached hydrogens (tertiary/aromatic N) is 3. The lowest BCUT2D eigenvalue weighted by molar-refractivity contribution is 0.0715. The molecule has 3 aromatic rings. The number of hydrogen-bond acceptors (Lipinski definition) is 5. The normalized spacial score (nSPS) is 15.2. The van der Waals surface area contributed by atoms with Crippen molar-refractivity contribution in [3.63, 3.8) is 0 Å². The van der Waals surface area contributed by atoms with Crippen molar-refractivity contribution in [1.29, 1.82) is 0 Å². The van der Waals surface area contributed by atoms with Gasteiger partial charge in [0.15, 0.2) is 5.82 Å². The van der Waals surface area contributed by atoms with Crippen LogP contribution in [0.4, 0.5) is 17.2 Å². The van der Waals surface area contributed by atoms with Crippen LogP contribution >= 0.6 is 0 Å². The number of fused-ring (bicyclic) bond motifs is 1. The van der Waals surface area contributed by atoms with Crippen LogP contribution in [0, 0.1) is 0 Å². The van der Waals surface area contributed by atoms with Crippen LogP contribution in [0.1, 0.15) is 50.4 Å². The van der Waals surface area contributed by atoms with E-state index in [1.807, 2.05) is 35.4 Å². The van der Waals surface area contributed by atoms with Crippen LogP contribution in [0.3, 0.4) is 0 Å². The van der Waals surface area contributed by atoms with E-state index < -0.39 is 0 Å². The van der Waals surface area contributed by atoms with Crippen molar-refractivity contribution in [3.8, 4) is 0 Å². The van der Waals surface area contributed by atoms with Crippen LogP contribution in [0.15, 0.2) is 42.7 Å². The van der Waals surface area contributed by atoms with Crippen molar-refractivity contribution in [2.24, 2.45) is 0 Å². The average molecular weight is 435 g/mol. The number of aromatic amines is 1. The number of carbonyl (C=O) groups is 1. The summed E-state index contributed by atoms with van der Waals surface area (Å²) >= 11 is 0. The lowest BCUT2D eigenvalue weighted by Gasteiger charge is -2.38. The summed E-state index contributed by atoms with van der Waals surface area (Å²) in [6, 6.07) is 10.0. The summed E-state index contributed by atoms with van der Waals surface area (Å²) in [4.78, 5) is 25.3. The predicted molar refractivity (Wildman–Crippen MR) is 132 cm³/mol. The first-order valence-corrected chi connectivity index (χ1v) is 11.4. The molecule has 1 amide bonds. The number of piperidine rings is 1. The van der Waals surface area contributed by atoms with Gasteiger partial charge in [-0.15, -0.1) is 0 Å². The Morgan fingerprint density at radius 3 is 2.78 bits per heavy atom. The zero-order valence-electron chi connectivity index (χ0n) is 19.5. The van der Waals surface area contributed by atoms with Gasteiger partial charge in [-0.2, -0.15) is 0 Å². The second-order valence-corrected chi connectivity index (χ2v) is 9.38. The molecule has 3 heterocycles. The highest BCUT2D eigenvalue weighted by atomic mass is 16.2. The summed E-state index contributed by atoms with van der Waals surface area (Å²) in [5, 5.41) is 4.53. The summed E-state index contributed by atoms with van der Waals surface area (Å²) in [6.45, 7) is 8.03. The molecule has 0 spiro atoms. The van der Waals surface area contributed by atoms with Crippen molar-refractivity contribution in [2.75, 3.05) is 36.1 Å². The van der Waals surface area contributed by atoms with E-state index in [0.717, 1.165) is 54.8 Å². The van der Waals surface area contributed by atoms with Crippen molar-refractivity contribution >= 4 is 34.0 Å². The van der Waals surface area contributed by atoms with Gasteiger partial charge in [0.1, 0.15) is 0 Å². The Bertz CT molecular complexity index is 1100. The third-order valence-electron chi connectivity index (χ3n) is 6.71. The number of nitrogen functional groups attached to an aromatic ring is 1. The molecule has 170 valence electrons. The average Bonchev–Trinajstić information content (AvgIpc) is 3.21. The molecule has 4 rings (SSSR count). The van der Waals surface area contributed by atoms with E-state index in [4.69, 9.17) is 5.73 Å². The van der Waals surface area contributed by atoms with Crippen LogP contribution in [-0.2, 0) is 0 Å². The molecule has 0 aliphatic carbocycles. The summed E-state index contributed by atoms with van der Waals surface area (Å²) in [6.07, 6.45) is 6.47. The minimum atomic E-state index is -0.00284. The van der Waals surface area contributed by atoms with Crippen LogP contribution in [0.2, 0.25) is 0 Å². The molecule has 0 unspecified atom stereocenters. The highest BCUT2D eigenvalue weighted by Crippen LogP contribution is 2.30. The quantitative estimate of drug-likeness (QED) is 0.498. The fourth-order valence-electron chi connectivity index (χ4n) is 4.34. The van der Waals surface area contributed by atoms with Gasteiger partial charge in [-0.05, 0) is 63.4 Å². The Balaban J connectivity index is 1.45. The number of likely N-dealkylation sites (tertiary alicyclic amines) is 1. The summed E-state index contributed by atoms with van der Waals surface area (Å²) in [7, 11) is 2.11. The third-order valence-corrected chi connectivity index (χ3v) is 6.71. The predicted octanol–water partition coefficient (Wildman–Crippen LogP) is 4.49. The minimum absolute atomic E-state index is 0.00284. The van der Waals surface area contributed by atoms with Crippen LogP contribution in [-0.4, -0.2) is 52.5 Å². The Hall–Kier alpha value is -3.22. The van der Waals surface area contributed by atoms with E-state index in [1.54, 1.807) is 6.20 Å². The van der Waals surface area contributed by atoms with Crippen LogP contribution in [0.5, 0.6) is 0 Å². The van der Waals surface area contributed by atoms with Gasteiger partial charge < -0.3 is 25.8 Å². The first-order valence-electron chi connectivity index (χ1n) is 11.4. The zero-order valence-corrected chi connectivity index (χ0v) is 19.5. The van der Waals surface area contributed by atoms with Crippen LogP contribution in [0.25, 0.3) is 10.9 Å². The van der Waals surface area contributed by atoms with E-state index in [2.05, 4.69) is 54.1 Å². The molecule has 7 heteroatoms. The molecular formula is C25H34N6O. The first kappa shape index (κ1) is 22.0. The monoisotopic (exact) mass is 434 g/mol. The Labute approximate surface area is 190 Å². The van der Waals surface area contributed by atoms with Crippen molar-refractivity contribution in [3.05, 3.63) is 48.3 Å². The number of benzene rings is 1. The maximum atomic E-state index is 13.2. The first-order chi connectivity index (χ1) is 15.3. The van der Waals surface area contributed by atoms with E-state index in [1.165, 1.54) is 0 Å². The Morgan fingerprint density at radius 1 is 1.31 bits per heavy atom. The van der Waals surface area contributed by atoms with E-state index in [9.17, 15) is 4.79 Å². The number of rotatable bonds is 6. The highest BCUT2D eigenvalue weighted by Gasteiger charge is 2.29. The van der Waals surface area contributed by atoms with E-state index in [-0.39, 0.29) is 11.4 Å². The largest absolute Gasteiger partial charge is 0.399 e. The number of hydrogen-bond donors (Lipinski definition) is 3. The number of carbonyl (C=O) groups excluding carboxylic acids is 1. The number of amides is 1. The zero-order chi connectivity index (χ0) is 22.9. The molecule has 1 aliphatic heterocycles. The maximum Gasteiger partial charge on any atom is 0.256 e. The molecule has 1 aliphatic rings. The summed E-state index contributed by atoms with van der Waals surface area (Å²) in [5.74, 6) is 1.03. The maximum absolute atomic E-state index is 13.2. The van der Waals surface area contributed by atoms with Crippen LogP contribution < -0.4 is 16.0 Å². The van der Waals surface area contributed by atoms with E-state index in [0.29, 0.717) is 17.3 Å². The van der Waals surface area contributed by atoms with Gasteiger partial charge in [0, 0.05) is 60.7 Å². The number of nitrogens with one attached hydrogen (secondary N) is 2. The van der Waals surface area contributed by atoms with Gasteiger partial charge >= 0.3 is 0 Å². The fourth-order valence-corrected chi connectivity index (χ4v) is 4.34. The van der Waals surface area contributed by atoms with Crippen molar-refractivity contribution in [1.82, 2.24) is 14.9 Å². The van der Waals surface area contributed by atoms with Gasteiger partial charge in [-0.1, -0.05) is 6.92 Å². The molecule has 1 aromatic carbocycles. The standard InChI is InChI=1S/C25H34N6O/c1-5-25(2,3)29-22-7-6-12-27-23(22)30(4)18-10-13-31(14-11-18)24(32)20-16-28-21-9-8-17(26)15-19(20)21/h6-9,12,15-16,18,28-29H,5,10-11,13-14,26H2,1-4H3. The molecule has 1 fully saturated rings. The van der Waals surface area contributed by atoms with Gasteiger partial charge in [0.25, 0.3) is 5.91 Å². The smallest absolute Gasteiger partial charge is 0.256 e. The topological polar surface area (TPSA) is 90.3 Å². The Kier molecular flexibility index (Phi) is 6.00. The SMILES string of the molecule is CCC(C)(C)Nc1cccnc1N(C)C1CCN(C(=O)c2c[nH]c3ccc(N)cc23)CC1. The molecule has 4 N–H and O–H groups in total. The second-order valence-electron chi connectivity index (χ2n) is 9.38. The molecular weight excluding hydrogens is 400 g/mol. The number of anilines is 3. The summed E-state index contributed by atoms with van der Waals surface area (Å²) < 4.78 is 0. The van der Waals surface area contributed by atoms with E-state index >= 15 is 0 Å². The second kappa shape index (κ2) is 8.73. The lowest BCUT2D eigenvalue weighted by atomic mass is 10.0. The minimum Gasteiger partial charge on any atom is -0.399 e. The van der Waals surface area contributed by atoms with Crippen molar-refractivity contribution in [2.45, 2.75) is 51.6 Å². The highest BCUT2D eigenvalue weighted by molar-refractivity contribution is 6.07. The number of H-pyrrole nitrogens is 1. The lowest BCUT2D eigenvalue weighted by Crippen LogP contribution is -2.46. The fraction of sp³-hybridized carbons (Fsp3) is 0.440. The molecule has 0 saturated carbocycles. The molecule has 7 nitrogen and oxygen atoms in total. The number of aromatic nitrogens is 2. The Morgan fingerprint density at radius 2 is 2.06 bits per heavy atom. The number of pyridine rings is 1. The van der Waals surface area contributed by atoms with Gasteiger partial charge in [0.2, 0.25) is 0 Å². The summed E-state index contributed by atoms with van der Waals surface area (Å²) in [5.41, 5.74) is 9.28. The van der Waals surface area contributed by atoms with Gasteiger partial charge in [-0.25, -0.2) is 4.98 Å². The third kappa shape index (κ3) is 4.38. The molecule has 32 heavy (non-hydrogen) atoms. The van der Waals surface area contributed by atoms with Crippen molar-refractivity contribution < 1.29 is 4.79 Å². The molecule has 0 atom stereocenters.